The Bertz CT molecular complexity index is 1160. The summed E-state index contributed by atoms with van der Waals surface area (Å²) in [5.74, 6) is -0.856. The van der Waals surface area contributed by atoms with Crippen LogP contribution in [0.25, 0.3) is 0 Å². The van der Waals surface area contributed by atoms with Gasteiger partial charge in [-0.2, -0.15) is 0 Å². The first-order valence-electron chi connectivity index (χ1n) is 8.90. The number of anilines is 2. The minimum absolute atomic E-state index is 0.0290. The topological polar surface area (TPSA) is 84.5 Å². The average molecular weight is 449 g/mol. The van der Waals surface area contributed by atoms with Crippen LogP contribution in [0.2, 0.25) is 5.02 Å². The molecule has 0 unspecified atom stereocenters. The van der Waals surface area contributed by atoms with Crippen LogP contribution < -0.4 is 14.8 Å². The van der Waals surface area contributed by atoms with Crippen molar-refractivity contribution < 1.29 is 22.3 Å². The maximum absolute atomic E-state index is 13.5. The standard InChI is InChI=1S/C21H18ClFN2O4S/c22-17-8-1-3-10-19(17)25-30(27,28)16-7-5-6-15(14-16)24-21(26)12-13-29-20-11-4-2-9-18(20)23/h1-11,14,25H,12-13H2,(H,24,26). The smallest absolute Gasteiger partial charge is 0.262 e. The van der Waals surface area contributed by atoms with E-state index < -0.39 is 21.7 Å². The Morgan fingerprint density at radius 2 is 1.73 bits per heavy atom. The number of carbonyl (C=O) groups excluding carboxylic acids is 1. The lowest BCUT2D eigenvalue weighted by molar-refractivity contribution is -0.116. The summed E-state index contributed by atoms with van der Waals surface area (Å²) in [6.07, 6.45) is -0.0385. The van der Waals surface area contributed by atoms with E-state index in [2.05, 4.69) is 10.0 Å². The van der Waals surface area contributed by atoms with E-state index in [0.717, 1.165) is 0 Å². The zero-order chi connectivity index (χ0) is 21.6. The average Bonchev–Trinajstić information content (AvgIpc) is 2.71. The van der Waals surface area contributed by atoms with Gasteiger partial charge in [-0.25, -0.2) is 12.8 Å². The predicted molar refractivity (Wildman–Crippen MR) is 114 cm³/mol. The number of nitrogens with one attached hydrogen (secondary N) is 2. The molecule has 30 heavy (non-hydrogen) atoms. The molecule has 0 atom stereocenters. The third kappa shape index (κ3) is 5.71. The van der Waals surface area contributed by atoms with Gasteiger partial charge < -0.3 is 10.1 Å². The zero-order valence-electron chi connectivity index (χ0n) is 15.6. The number of hydrogen-bond acceptors (Lipinski definition) is 4. The monoisotopic (exact) mass is 448 g/mol. The van der Waals surface area contributed by atoms with Crippen LogP contribution in [0.1, 0.15) is 6.42 Å². The third-order valence-electron chi connectivity index (χ3n) is 3.97. The molecule has 0 aliphatic carbocycles. The van der Waals surface area contributed by atoms with Crippen molar-refractivity contribution in [3.05, 3.63) is 83.6 Å². The van der Waals surface area contributed by atoms with Gasteiger partial charge in [0.15, 0.2) is 11.6 Å². The first-order chi connectivity index (χ1) is 14.3. The highest BCUT2D eigenvalue weighted by Gasteiger charge is 2.16. The Labute approximate surface area is 178 Å². The van der Waals surface area contributed by atoms with E-state index in [0.29, 0.717) is 5.69 Å². The van der Waals surface area contributed by atoms with Crippen molar-refractivity contribution in [2.45, 2.75) is 11.3 Å². The summed E-state index contributed by atoms with van der Waals surface area (Å²) in [6, 6.07) is 18.1. The van der Waals surface area contributed by atoms with E-state index >= 15 is 0 Å². The molecule has 3 rings (SSSR count). The van der Waals surface area contributed by atoms with Gasteiger partial charge in [0.25, 0.3) is 10.0 Å². The maximum Gasteiger partial charge on any atom is 0.262 e. The van der Waals surface area contributed by atoms with Crippen molar-refractivity contribution in [1.29, 1.82) is 0 Å². The van der Waals surface area contributed by atoms with Gasteiger partial charge in [0, 0.05) is 5.69 Å². The number of amides is 1. The molecule has 0 radical (unpaired) electrons. The molecule has 1 amide bonds. The summed E-state index contributed by atoms with van der Waals surface area (Å²) in [5.41, 5.74) is 0.548. The second kappa shape index (κ2) is 9.60. The van der Waals surface area contributed by atoms with Crippen LogP contribution in [-0.4, -0.2) is 20.9 Å². The van der Waals surface area contributed by atoms with Crippen LogP contribution in [0.5, 0.6) is 5.75 Å². The molecule has 6 nitrogen and oxygen atoms in total. The van der Waals surface area contributed by atoms with Crippen LogP contribution in [0.3, 0.4) is 0 Å². The molecule has 0 aromatic heterocycles. The van der Waals surface area contributed by atoms with E-state index in [1.807, 2.05) is 0 Å². The Morgan fingerprint density at radius 1 is 1.00 bits per heavy atom. The van der Waals surface area contributed by atoms with E-state index in [1.54, 1.807) is 36.4 Å². The van der Waals surface area contributed by atoms with Gasteiger partial charge >= 0.3 is 0 Å². The van der Waals surface area contributed by atoms with E-state index in [1.165, 1.54) is 36.4 Å². The van der Waals surface area contributed by atoms with Crippen molar-refractivity contribution in [2.75, 3.05) is 16.6 Å². The lowest BCUT2D eigenvalue weighted by atomic mass is 10.3. The molecular weight excluding hydrogens is 431 g/mol. The number of benzene rings is 3. The molecular formula is C21H18ClFN2O4S. The van der Waals surface area contributed by atoms with Crippen LogP contribution in [0.4, 0.5) is 15.8 Å². The number of hydrogen-bond donors (Lipinski definition) is 2. The van der Waals surface area contributed by atoms with Crippen molar-refractivity contribution >= 4 is 38.9 Å². The van der Waals surface area contributed by atoms with Gasteiger partial charge in [0.05, 0.1) is 28.6 Å². The molecule has 156 valence electrons. The number of para-hydroxylation sites is 2. The second-order valence-corrected chi connectivity index (χ2v) is 8.28. The second-order valence-electron chi connectivity index (χ2n) is 6.19. The molecule has 3 aromatic rings. The molecule has 0 fully saturated rings. The first-order valence-corrected chi connectivity index (χ1v) is 10.8. The zero-order valence-corrected chi connectivity index (χ0v) is 17.2. The summed E-state index contributed by atoms with van der Waals surface area (Å²) in [7, 11) is -3.90. The van der Waals surface area contributed by atoms with E-state index in [9.17, 15) is 17.6 Å². The Kier molecular flexibility index (Phi) is 6.91. The minimum Gasteiger partial charge on any atom is -0.490 e. The molecule has 0 bridgehead atoms. The Balaban J connectivity index is 1.61. The number of ether oxygens (including phenoxy) is 1. The largest absolute Gasteiger partial charge is 0.490 e. The summed E-state index contributed by atoms with van der Waals surface area (Å²) in [4.78, 5) is 12.1. The molecule has 0 saturated carbocycles. The SMILES string of the molecule is O=C(CCOc1ccccc1F)Nc1cccc(S(=O)(=O)Nc2ccccc2Cl)c1. The highest BCUT2D eigenvalue weighted by atomic mass is 35.5. The normalized spacial score (nSPS) is 11.0. The van der Waals surface area contributed by atoms with Gasteiger partial charge in [-0.05, 0) is 42.5 Å². The fourth-order valence-electron chi connectivity index (χ4n) is 2.53. The van der Waals surface area contributed by atoms with Gasteiger partial charge in [0.1, 0.15) is 0 Å². The van der Waals surface area contributed by atoms with Crippen LogP contribution >= 0.6 is 11.6 Å². The summed E-state index contributed by atoms with van der Waals surface area (Å²) < 4.78 is 46.4. The van der Waals surface area contributed by atoms with E-state index in [4.69, 9.17) is 16.3 Å². The van der Waals surface area contributed by atoms with Crippen LogP contribution in [0, 0.1) is 5.82 Å². The van der Waals surface area contributed by atoms with Crippen molar-refractivity contribution in [3.63, 3.8) is 0 Å². The molecule has 0 aliphatic rings. The maximum atomic E-state index is 13.5. The van der Waals surface area contributed by atoms with Gasteiger partial charge in [-0.1, -0.05) is 41.9 Å². The van der Waals surface area contributed by atoms with Crippen LogP contribution in [0.15, 0.2) is 77.7 Å². The first kappa shape index (κ1) is 21.6. The minimum atomic E-state index is -3.90. The molecule has 0 saturated heterocycles. The lowest BCUT2D eigenvalue weighted by Gasteiger charge is -2.11. The number of halogens is 2. The molecule has 0 aliphatic heterocycles. The quantitative estimate of drug-likeness (QED) is 0.523. The Hall–Kier alpha value is -3.10. The molecule has 0 heterocycles. The molecule has 0 spiro atoms. The third-order valence-corrected chi connectivity index (χ3v) is 5.66. The molecule has 9 heteroatoms. The van der Waals surface area contributed by atoms with Crippen LogP contribution in [-0.2, 0) is 14.8 Å². The number of rotatable bonds is 8. The number of sulfonamides is 1. The fourth-order valence-corrected chi connectivity index (χ4v) is 3.89. The fraction of sp³-hybridized carbons (Fsp3) is 0.0952. The lowest BCUT2D eigenvalue weighted by Crippen LogP contribution is -2.17. The Morgan fingerprint density at radius 3 is 2.50 bits per heavy atom. The van der Waals surface area contributed by atoms with Crippen molar-refractivity contribution in [3.8, 4) is 5.75 Å². The summed E-state index contributed by atoms with van der Waals surface area (Å²) in [6.45, 7) is -0.0290. The van der Waals surface area contributed by atoms with Crippen molar-refractivity contribution in [1.82, 2.24) is 0 Å². The van der Waals surface area contributed by atoms with Gasteiger partial charge in [-0.15, -0.1) is 0 Å². The highest BCUT2D eigenvalue weighted by Crippen LogP contribution is 2.25. The summed E-state index contributed by atoms with van der Waals surface area (Å²) in [5, 5.41) is 2.86. The van der Waals surface area contributed by atoms with Gasteiger partial charge in [-0.3, -0.25) is 9.52 Å². The molecule has 2 N–H and O–H groups in total. The van der Waals surface area contributed by atoms with Crippen molar-refractivity contribution in [2.24, 2.45) is 0 Å². The van der Waals surface area contributed by atoms with Gasteiger partial charge in [0.2, 0.25) is 5.91 Å². The number of carbonyl (C=O) groups is 1. The predicted octanol–water partition coefficient (Wildman–Crippen LogP) is 4.69. The molecule has 3 aromatic carbocycles. The highest BCUT2D eigenvalue weighted by molar-refractivity contribution is 7.92. The summed E-state index contributed by atoms with van der Waals surface area (Å²) >= 11 is 6.00. The van der Waals surface area contributed by atoms with E-state index in [-0.39, 0.29) is 34.4 Å².